The van der Waals surface area contributed by atoms with E-state index < -0.39 is 0 Å². The van der Waals surface area contributed by atoms with Gasteiger partial charge in [-0.2, -0.15) is 11.8 Å². The van der Waals surface area contributed by atoms with E-state index in [0.717, 1.165) is 25.4 Å². The Morgan fingerprint density at radius 1 is 1.22 bits per heavy atom. The molecule has 0 bridgehead atoms. The first-order valence-electron chi connectivity index (χ1n) is 6.56. The predicted octanol–water partition coefficient (Wildman–Crippen LogP) is 2.05. The number of benzene rings is 1. The smallest absolute Gasteiger partial charge is 0.123 e. The lowest BCUT2D eigenvalue weighted by Crippen LogP contribution is -2.34. The molecule has 1 aliphatic rings. The molecule has 3 nitrogen and oxygen atoms in total. The molecular formula is C14H22N2OS. The number of methoxy groups -OCH3 is 1. The standard InChI is InChI=1S/C14H22N2OS/c1-17-14-6-3-2-5-12(14)13-11-15-7-4-9-18-10-8-16-13/h2-3,5-6,13,15-16H,4,7-11H2,1H3. The van der Waals surface area contributed by atoms with Gasteiger partial charge in [-0.15, -0.1) is 0 Å². The van der Waals surface area contributed by atoms with Crippen molar-refractivity contribution in [2.75, 3.05) is 38.2 Å². The maximum Gasteiger partial charge on any atom is 0.123 e. The molecule has 1 saturated heterocycles. The lowest BCUT2D eigenvalue weighted by molar-refractivity contribution is 0.396. The Balaban J connectivity index is 2.07. The SMILES string of the molecule is COc1ccccc1C1CNCCCSCCN1. The van der Waals surface area contributed by atoms with Gasteiger partial charge in [-0.05, 0) is 24.8 Å². The van der Waals surface area contributed by atoms with Crippen LogP contribution in [-0.2, 0) is 0 Å². The normalized spacial score (nSPS) is 22.4. The van der Waals surface area contributed by atoms with Crippen LogP contribution in [0.25, 0.3) is 0 Å². The van der Waals surface area contributed by atoms with Gasteiger partial charge < -0.3 is 15.4 Å². The summed E-state index contributed by atoms with van der Waals surface area (Å²) in [6.45, 7) is 3.11. The first-order valence-corrected chi connectivity index (χ1v) is 7.72. The van der Waals surface area contributed by atoms with Gasteiger partial charge >= 0.3 is 0 Å². The van der Waals surface area contributed by atoms with Crippen LogP contribution in [-0.4, -0.2) is 38.2 Å². The highest BCUT2D eigenvalue weighted by atomic mass is 32.2. The lowest BCUT2D eigenvalue weighted by atomic mass is 10.1. The van der Waals surface area contributed by atoms with E-state index >= 15 is 0 Å². The van der Waals surface area contributed by atoms with Gasteiger partial charge in [-0.3, -0.25) is 0 Å². The van der Waals surface area contributed by atoms with Crippen molar-refractivity contribution in [2.24, 2.45) is 0 Å². The Kier molecular flexibility index (Phi) is 5.84. The third kappa shape index (κ3) is 3.90. The van der Waals surface area contributed by atoms with Gasteiger partial charge in [0.15, 0.2) is 0 Å². The van der Waals surface area contributed by atoms with E-state index in [1.54, 1.807) is 7.11 Å². The minimum atomic E-state index is 0.333. The molecule has 0 aromatic heterocycles. The van der Waals surface area contributed by atoms with Crippen molar-refractivity contribution in [2.45, 2.75) is 12.5 Å². The summed E-state index contributed by atoms with van der Waals surface area (Å²) in [7, 11) is 1.74. The fraction of sp³-hybridized carbons (Fsp3) is 0.571. The highest BCUT2D eigenvalue weighted by Crippen LogP contribution is 2.24. The first-order chi connectivity index (χ1) is 8.92. The molecule has 18 heavy (non-hydrogen) atoms. The predicted molar refractivity (Wildman–Crippen MR) is 78.5 cm³/mol. The number of para-hydroxylation sites is 1. The molecule has 1 aliphatic heterocycles. The molecule has 1 aromatic rings. The molecule has 4 heteroatoms. The highest BCUT2D eigenvalue weighted by molar-refractivity contribution is 7.99. The summed E-state index contributed by atoms with van der Waals surface area (Å²) in [5, 5.41) is 7.14. The van der Waals surface area contributed by atoms with Crippen molar-refractivity contribution in [3.63, 3.8) is 0 Å². The molecule has 0 aliphatic carbocycles. The summed E-state index contributed by atoms with van der Waals surface area (Å²) in [4.78, 5) is 0. The highest BCUT2D eigenvalue weighted by Gasteiger charge is 2.15. The molecule has 1 unspecified atom stereocenters. The van der Waals surface area contributed by atoms with Crippen molar-refractivity contribution in [3.8, 4) is 5.75 Å². The molecule has 0 radical (unpaired) electrons. The van der Waals surface area contributed by atoms with Crippen molar-refractivity contribution in [1.29, 1.82) is 0 Å². The Morgan fingerprint density at radius 3 is 3.00 bits per heavy atom. The van der Waals surface area contributed by atoms with E-state index in [1.165, 1.54) is 23.5 Å². The van der Waals surface area contributed by atoms with Gasteiger partial charge in [0.2, 0.25) is 0 Å². The minimum Gasteiger partial charge on any atom is -0.496 e. The van der Waals surface area contributed by atoms with Crippen LogP contribution in [0.2, 0.25) is 0 Å². The van der Waals surface area contributed by atoms with E-state index in [0.29, 0.717) is 6.04 Å². The van der Waals surface area contributed by atoms with Crippen LogP contribution >= 0.6 is 11.8 Å². The summed E-state index contributed by atoms with van der Waals surface area (Å²) < 4.78 is 5.45. The number of hydrogen-bond donors (Lipinski definition) is 2. The molecule has 1 atom stereocenters. The van der Waals surface area contributed by atoms with Crippen LogP contribution < -0.4 is 15.4 Å². The zero-order valence-corrected chi connectivity index (χ0v) is 11.8. The van der Waals surface area contributed by atoms with Gasteiger partial charge in [-0.25, -0.2) is 0 Å². The quantitative estimate of drug-likeness (QED) is 0.858. The Labute approximate surface area is 114 Å². The van der Waals surface area contributed by atoms with E-state index in [4.69, 9.17) is 4.74 Å². The lowest BCUT2D eigenvalue weighted by Gasteiger charge is -2.23. The van der Waals surface area contributed by atoms with Crippen LogP contribution in [0, 0.1) is 0 Å². The zero-order valence-electron chi connectivity index (χ0n) is 10.9. The van der Waals surface area contributed by atoms with Crippen LogP contribution in [0.1, 0.15) is 18.0 Å². The Hall–Kier alpha value is -0.710. The average Bonchev–Trinajstić information content (AvgIpc) is 2.44. The third-order valence-electron chi connectivity index (χ3n) is 3.14. The van der Waals surface area contributed by atoms with Gasteiger partial charge in [0.25, 0.3) is 0 Å². The van der Waals surface area contributed by atoms with Gasteiger partial charge in [-0.1, -0.05) is 18.2 Å². The maximum atomic E-state index is 5.45. The van der Waals surface area contributed by atoms with Crippen molar-refractivity contribution < 1.29 is 4.74 Å². The number of nitrogens with one attached hydrogen (secondary N) is 2. The van der Waals surface area contributed by atoms with Crippen LogP contribution in [0.3, 0.4) is 0 Å². The molecule has 2 rings (SSSR count). The number of thioether (sulfide) groups is 1. The topological polar surface area (TPSA) is 33.3 Å². The van der Waals surface area contributed by atoms with E-state index in [2.05, 4.69) is 22.8 Å². The summed E-state index contributed by atoms with van der Waals surface area (Å²) >= 11 is 2.03. The Morgan fingerprint density at radius 2 is 2.11 bits per heavy atom. The molecule has 1 heterocycles. The molecule has 1 fully saturated rings. The van der Waals surface area contributed by atoms with Crippen molar-refractivity contribution in [3.05, 3.63) is 29.8 Å². The van der Waals surface area contributed by atoms with Gasteiger partial charge in [0.05, 0.1) is 7.11 Å². The fourth-order valence-electron chi connectivity index (χ4n) is 2.20. The second kappa shape index (κ2) is 7.67. The fourth-order valence-corrected chi connectivity index (χ4v) is 3.01. The van der Waals surface area contributed by atoms with E-state index in [9.17, 15) is 0 Å². The van der Waals surface area contributed by atoms with Gasteiger partial charge in [0.1, 0.15) is 5.75 Å². The van der Waals surface area contributed by atoms with E-state index in [1.807, 2.05) is 23.9 Å². The Bertz CT molecular complexity index is 349. The summed E-state index contributed by atoms with van der Waals surface area (Å²) in [5.41, 5.74) is 1.25. The van der Waals surface area contributed by atoms with Crippen LogP contribution in [0.15, 0.2) is 24.3 Å². The van der Waals surface area contributed by atoms with E-state index in [-0.39, 0.29) is 0 Å². The monoisotopic (exact) mass is 266 g/mol. The largest absolute Gasteiger partial charge is 0.496 e. The molecule has 0 spiro atoms. The number of rotatable bonds is 2. The van der Waals surface area contributed by atoms with Crippen molar-refractivity contribution in [1.82, 2.24) is 10.6 Å². The van der Waals surface area contributed by atoms with Crippen molar-refractivity contribution >= 4 is 11.8 Å². The molecular weight excluding hydrogens is 244 g/mol. The number of hydrogen-bond acceptors (Lipinski definition) is 4. The first kappa shape index (κ1) is 13.7. The maximum absolute atomic E-state index is 5.45. The van der Waals surface area contributed by atoms with Crippen LogP contribution in [0.5, 0.6) is 5.75 Å². The molecule has 1 aromatic carbocycles. The minimum absolute atomic E-state index is 0.333. The molecule has 0 amide bonds. The average molecular weight is 266 g/mol. The zero-order chi connectivity index (χ0) is 12.6. The van der Waals surface area contributed by atoms with Crippen LogP contribution in [0.4, 0.5) is 0 Å². The second-order valence-electron chi connectivity index (χ2n) is 4.42. The number of ether oxygens (including phenoxy) is 1. The molecule has 100 valence electrons. The van der Waals surface area contributed by atoms with Gasteiger partial charge in [0, 0.05) is 30.4 Å². The third-order valence-corrected chi connectivity index (χ3v) is 4.21. The molecule has 0 saturated carbocycles. The molecule has 2 N–H and O–H groups in total. The summed E-state index contributed by atoms with van der Waals surface area (Å²) in [6.07, 6.45) is 1.25. The summed E-state index contributed by atoms with van der Waals surface area (Å²) in [5.74, 6) is 3.42. The second-order valence-corrected chi connectivity index (χ2v) is 5.64. The summed E-state index contributed by atoms with van der Waals surface area (Å²) in [6, 6.07) is 8.61.